The van der Waals surface area contributed by atoms with Gasteiger partial charge in [-0.3, -0.25) is 19.1 Å². The van der Waals surface area contributed by atoms with E-state index in [-0.39, 0.29) is 34.4 Å². The van der Waals surface area contributed by atoms with Crippen molar-refractivity contribution in [3.8, 4) is 6.01 Å². The molecule has 3 aliphatic rings. The van der Waals surface area contributed by atoms with Gasteiger partial charge >= 0.3 is 12.2 Å². The van der Waals surface area contributed by atoms with Crippen LogP contribution in [-0.2, 0) is 25.2 Å². The van der Waals surface area contributed by atoms with E-state index in [9.17, 15) is 36.0 Å². The molecule has 3 fully saturated rings. The second-order valence-corrected chi connectivity index (χ2v) is 19.1. The first kappa shape index (κ1) is 39.7. The molecule has 54 heavy (non-hydrogen) atoms. The third-order valence-electron chi connectivity index (χ3n) is 9.45. The van der Waals surface area contributed by atoms with Crippen LogP contribution >= 0.6 is 34.2 Å². The fourth-order valence-corrected chi connectivity index (χ4v) is 7.43. The molecule has 0 saturated heterocycles. The van der Waals surface area contributed by atoms with Gasteiger partial charge < -0.3 is 26.0 Å². The van der Waals surface area contributed by atoms with Gasteiger partial charge in [-0.05, 0) is 94.8 Å². The number of sulfonamides is 1. The molecule has 6 rings (SSSR count). The van der Waals surface area contributed by atoms with Crippen molar-refractivity contribution >= 4 is 79.5 Å². The lowest BCUT2D eigenvalue weighted by molar-refractivity contribution is -0.154. The number of aromatic nitrogens is 3. The number of hydrogen-bond acceptors (Lipinski definition) is 11. The molecule has 0 bridgehead atoms. The lowest BCUT2D eigenvalue weighted by atomic mass is 10.0. The van der Waals surface area contributed by atoms with Crippen molar-refractivity contribution in [2.24, 2.45) is 5.41 Å². The van der Waals surface area contributed by atoms with Crippen LogP contribution in [-0.4, -0.2) is 74.6 Å². The van der Waals surface area contributed by atoms with Gasteiger partial charge in [0.05, 0.1) is 15.7 Å². The van der Waals surface area contributed by atoms with Crippen LogP contribution in [0, 0.1) is 5.41 Å². The maximum Gasteiger partial charge on any atom is 0.422 e. The first-order chi connectivity index (χ1) is 25.1. The lowest BCUT2D eigenvalue weighted by Crippen LogP contribution is -2.56. The molecular weight excluding hydrogens is 868 g/mol. The van der Waals surface area contributed by atoms with Crippen LogP contribution in [0.3, 0.4) is 0 Å². The Kier molecular flexibility index (Phi) is 10.5. The van der Waals surface area contributed by atoms with Crippen LogP contribution in [0.25, 0.3) is 0 Å². The maximum atomic E-state index is 13.4. The lowest BCUT2D eigenvalue weighted by Gasteiger charge is -2.25. The van der Waals surface area contributed by atoms with Gasteiger partial charge in [0, 0.05) is 26.7 Å². The highest BCUT2D eigenvalue weighted by molar-refractivity contribution is 14.1. The average Bonchev–Trinajstić information content (AvgIpc) is 4.01. The van der Waals surface area contributed by atoms with Gasteiger partial charge in [-0.1, -0.05) is 46.3 Å². The van der Waals surface area contributed by atoms with Crippen LogP contribution in [0.5, 0.6) is 6.01 Å². The Morgan fingerprint density at radius 2 is 1.54 bits per heavy atom. The first-order valence-electron chi connectivity index (χ1n) is 16.8. The van der Waals surface area contributed by atoms with E-state index >= 15 is 0 Å². The van der Waals surface area contributed by atoms with E-state index < -0.39 is 67.8 Å². The molecule has 14 nitrogen and oxygen atoms in total. The monoisotopic (exact) mass is 904 g/mol. The van der Waals surface area contributed by atoms with Crippen LogP contribution in [0.4, 0.5) is 30.8 Å². The zero-order valence-corrected chi connectivity index (χ0v) is 33.0. The summed E-state index contributed by atoms with van der Waals surface area (Å²) in [6.45, 7) is 2.76. The Balaban J connectivity index is 1.08. The zero-order chi connectivity index (χ0) is 39.3. The molecule has 5 N–H and O–H groups in total. The maximum absolute atomic E-state index is 13.4. The molecule has 0 unspecified atom stereocenters. The molecule has 0 radical (unpaired) electrons. The third-order valence-corrected chi connectivity index (χ3v) is 13.3. The molecule has 3 aromatic rings. The first-order valence-corrected chi connectivity index (χ1v) is 19.9. The van der Waals surface area contributed by atoms with Gasteiger partial charge in [0.25, 0.3) is 11.8 Å². The van der Waals surface area contributed by atoms with Gasteiger partial charge in [0.2, 0.25) is 27.8 Å². The minimum absolute atomic E-state index is 0.0108. The van der Waals surface area contributed by atoms with Crippen molar-refractivity contribution in [3.63, 3.8) is 0 Å². The molecule has 1 aromatic heterocycles. The number of benzene rings is 2. The Hall–Kier alpha value is -3.98. The van der Waals surface area contributed by atoms with Crippen molar-refractivity contribution in [2.45, 2.75) is 78.8 Å². The van der Waals surface area contributed by atoms with Gasteiger partial charge in [-0.25, -0.2) is 8.42 Å². The fourth-order valence-electron chi connectivity index (χ4n) is 5.44. The fraction of sp³-hybridized carbons (Fsp3) is 0.471. The number of ether oxygens (including phenoxy) is 1. The number of anilines is 3. The van der Waals surface area contributed by atoms with Crippen LogP contribution in [0.1, 0.15) is 68.8 Å². The Morgan fingerprint density at radius 3 is 2.07 bits per heavy atom. The summed E-state index contributed by atoms with van der Waals surface area (Å²) in [5.74, 6) is -1.84. The van der Waals surface area contributed by atoms with Crippen molar-refractivity contribution in [3.05, 3.63) is 64.7 Å². The second-order valence-electron chi connectivity index (χ2n) is 14.7. The Morgan fingerprint density at radius 1 is 0.926 bits per heavy atom. The molecule has 20 heteroatoms. The summed E-state index contributed by atoms with van der Waals surface area (Å²) < 4.78 is 69.5. The summed E-state index contributed by atoms with van der Waals surface area (Å²) in [5.41, 5.74) is -1.30. The molecule has 3 aliphatic carbocycles. The summed E-state index contributed by atoms with van der Waals surface area (Å²) >= 11 is 8.03. The summed E-state index contributed by atoms with van der Waals surface area (Å²) in [7, 11) is -3.99. The Labute approximate surface area is 327 Å². The minimum Gasteiger partial charge on any atom is -0.454 e. The van der Waals surface area contributed by atoms with E-state index in [1.54, 1.807) is 24.3 Å². The molecule has 2 aromatic carbocycles. The van der Waals surface area contributed by atoms with Gasteiger partial charge in [-0.2, -0.15) is 28.1 Å². The average molecular weight is 905 g/mol. The molecular formula is C34H37ClF3IN8O6S. The number of nitrogens with zero attached hydrogens (tertiary/aromatic N) is 3. The molecule has 3 amide bonds. The number of nitrogens with one attached hydrogen (secondary N) is 5. The van der Waals surface area contributed by atoms with Gasteiger partial charge in [-0.15, -0.1) is 0 Å². The summed E-state index contributed by atoms with van der Waals surface area (Å²) in [6, 6.07) is 12.7. The van der Waals surface area contributed by atoms with Crippen LogP contribution < -0.4 is 30.7 Å². The number of alkyl halides is 4. The zero-order valence-electron chi connectivity index (χ0n) is 29.2. The third kappa shape index (κ3) is 8.93. The van der Waals surface area contributed by atoms with Crippen molar-refractivity contribution < 1.29 is 40.7 Å². The van der Waals surface area contributed by atoms with E-state index in [2.05, 4.69) is 40.9 Å². The standard InChI is InChI=1S/C34H37ClF3IN8O6S/c1-30(2,3)54(51,52)47-26(50)33(16-23(33)39)45-25(49)31(12-13-31)17-40-24(48)19-4-10-22(11-5-19)41-27-42-28(44-29(43-27)53-18-34(36,37)38)46-32(14-15-32)20-6-8-21(35)9-7-20/h4-11,23H,12-18H2,1-3H3,(H,40,48)(H,45,49)(H,47,50)(H2,41,42,43,44,46)/t23-,33-/m1/s1. The van der Waals surface area contributed by atoms with Crippen molar-refractivity contribution in [2.75, 3.05) is 23.8 Å². The van der Waals surface area contributed by atoms with Crippen molar-refractivity contribution in [1.82, 2.24) is 30.3 Å². The molecule has 2 atom stereocenters. The van der Waals surface area contributed by atoms with Crippen LogP contribution in [0.15, 0.2) is 48.5 Å². The van der Waals surface area contributed by atoms with E-state index in [4.69, 9.17) is 16.3 Å². The molecule has 0 aliphatic heterocycles. The van der Waals surface area contributed by atoms with E-state index in [1.165, 1.54) is 32.9 Å². The molecule has 1 heterocycles. The number of rotatable bonds is 14. The number of hydrogen-bond donors (Lipinski definition) is 5. The van der Waals surface area contributed by atoms with E-state index in [1.807, 2.05) is 34.7 Å². The number of carbonyl (C=O) groups excluding carboxylic acids is 3. The summed E-state index contributed by atoms with van der Waals surface area (Å²) in [6.07, 6.45) is -1.99. The summed E-state index contributed by atoms with van der Waals surface area (Å²) in [5, 5.41) is 12.2. The number of halogens is 5. The second kappa shape index (κ2) is 14.3. The number of carbonyl (C=O) groups is 3. The van der Waals surface area contributed by atoms with Gasteiger partial charge in [0.1, 0.15) is 5.54 Å². The quantitative estimate of drug-likeness (QED) is 0.107. The normalized spacial score (nSPS) is 20.9. The highest BCUT2D eigenvalue weighted by atomic mass is 127. The predicted octanol–water partition coefficient (Wildman–Crippen LogP) is 5.13. The van der Waals surface area contributed by atoms with Crippen molar-refractivity contribution in [1.29, 1.82) is 0 Å². The highest BCUT2D eigenvalue weighted by Gasteiger charge is 2.64. The minimum atomic E-state index is -4.63. The Bertz CT molecular complexity index is 2060. The molecule has 290 valence electrons. The molecule has 0 spiro atoms. The SMILES string of the molecule is CC(C)(C)S(=O)(=O)NC(=O)[C@@]1(NC(=O)C2(CNC(=O)c3ccc(Nc4nc(NC5(c6ccc(Cl)cc6)CC5)nc(OCC(F)(F)F)n4)cc3)CC2)C[C@H]1I. The predicted molar refractivity (Wildman–Crippen MR) is 201 cm³/mol. The van der Waals surface area contributed by atoms with Crippen LogP contribution in [0.2, 0.25) is 5.02 Å². The van der Waals surface area contributed by atoms with Gasteiger partial charge in [0.15, 0.2) is 6.61 Å². The molecule has 3 saturated carbocycles. The topological polar surface area (TPSA) is 193 Å². The van der Waals surface area contributed by atoms with E-state index in [0.29, 0.717) is 23.6 Å². The van der Waals surface area contributed by atoms with E-state index in [0.717, 1.165) is 18.4 Å². The largest absolute Gasteiger partial charge is 0.454 e. The summed E-state index contributed by atoms with van der Waals surface area (Å²) in [4.78, 5) is 51.9. The highest BCUT2D eigenvalue weighted by Crippen LogP contribution is 2.50. The smallest absolute Gasteiger partial charge is 0.422 e. The number of amides is 3.